The van der Waals surface area contributed by atoms with Crippen LogP contribution in [0.25, 0.3) is 0 Å². The molecule has 8 heteroatoms. The van der Waals surface area contributed by atoms with Crippen LogP contribution in [0.4, 0.5) is 4.39 Å². The van der Waals surface area contributed by atoms with Crippen LogP contribution in [-0.4, -0.2) is 39.1 Å². The number of nitrogens with two attached hydrogens (primary N) is 2. The van der Waals surface area contributed by atoms with Crippen LogP contribution in [0.15, 0.2) is 97.1 Å². The highest BCUT2D eigenvalue weighted by Crippen LogP contribution is 2.46. The van der Waals surface area contributed by atoms with Gasteiger partial charge < -0.3 is 26.3 Å². The summed E-state index contributed by atoms with van der Waals surface area (Å²) in [7, 11) is 3.34. The number of halogens is 2. The van der Waals surface area contributed by atoms with Crippen molar-refractivity contribution in [2.75, 3.05) is 27.3 Å². The Hall–Kier alpha value is -3.75. The summed E-state index contributed by atoms with van der Waals surface area (Å²) in [4.78, 5) is 13.1. The standard InChI is InChI=1S/C42H52FN3O3.ClH/c1-48-38-29-32-23-28-46-42(25-10-27-44,37(32)30-39(38)49-2)40(45)22-26-41(33-11-5-3-6-12-33,34-13-7-4-8-14-34)24-9-15-36(47)21-18-31-16-19-35(43)20-17-31;/h3-8,11-14,16-17,19-20,29-30,40,46H,9-10,15,18,21-28,44-45H2,1-2H3;1H. The lowest BCUT2D eigenvalue weighted by Gasteiger charge is -2.46. The van der Waals surface area contributed by atoms with E-state index in [1.165, 1.54) is 28.8 Å². The SMILES string of the molecule is COc1cc2c(cc1OC)C(CCCN)(C(N)CCC(CCCC(=O)CCc1ccc(F)cc1)(c1ccccc1)c1ccccc1)NCC2.Cl. The minimum absolute atomic E-state index is 0. The first-order chi connectivity index (χ1) is 23.8. The monoisotopic (exact) mass is 701 g/mol. The number of methoxy groups -OCH3 is 2. The van der Waals surface area contributed by atoms with Crippen LogP contribution < -0.4 is 26.3 Å². The molecule has 6 nitrogen and oxygen atoms in total. The zero-order valence-corrected chi connectivity index (χ0v) is 30.3. The van der Waals surface area contributed by atoms with E-state index < -0.39 is 5.54 Å². The predicted molar refractivity (Wildman–Crippen MR) is 203 cm³/mol. The molecule has 4 aromatic carbocycles. The Morgan fingerprint density at radius 1 is 0.880 bits per heavy atom. The van der Waals surface area contributed by atoms with Gasteiger partial charge in [-0.1, -0.05) is 72.8 Å². The average molecular weight is 702 g/mol. The molecular formula is C42H53ClFN3O3. The third-order valence-electron chi connectivity index (χ3n) is 10.5. The molecule has 0 amide bonds. The first-order valence-electron chi connectivity index (χ1n) is 17.7. The number of ether oxygens (including phenoxy) is 2. The van der Waals surface area contributed by atoms with Crippen molar-refractivity contribution < 1.29 is 18.7 Å². The van der Waals surface area contributed by atoms with E-state index in [4.69, 9.17) is 20.9 Å². The molecule has 0 radical (unpaired) electrons. The molecule has 1 heterocycles. The fraction of sp³-hybridized carbons (Fsp3) is 0.405. The van der Waals surface area contributed by atoms with Gasteiger partial charge in [-0.2, -0.15) is 0 Å². The Labute approximate surface area is 303 Å². The second kappa shape index (κ2) is 18.5. The van der Waals surface area contributed by atoms with E-state index in [0.29, 0.717) is 31.6 Å². The summed E-state index contributed by atoms with van der Waals surface area (Å²) in [6, 6.07) is 31.8. The van der Waals surface area contributed by atoms with Crippen molar-refractivity contribution in [1.82, 2.24) is 5.32 Å². The smallest absolute Gasteiger partial charge is 0.161 e. The van der Waals surface area contributed by atoms with E-state index in [-0.39, 0.29) is 35.5 Å². The topological polar surface area (TPSA) is 99.6 Å². The molecule has 0 aliphatic carbocycles. The summed E-state index contributed by atoms with van der Waals surface area (Å²) in [5.41, 5.74) is 18.5. The number of ketones is 1. The van der Waals surface area contributed by atoms with E-state index >= 15 is 0 Å². The van der Waals surface area contributed by atoms with Gasteiger partial charge in [-0.25, -0.2) is 4.39 Å². The third-order valence-corrected chi connectivity index (χ3v) is 10.5. The van der Waals surface area contributed by atoms with Crippen LogP contribution in [0.5, 0.6) is 11.5 Å². The number of fused-ring (bicyclic) bond motifs is 1. The van der Waals surface area contributed by atoms with Crippen molar-refractivity contribution in [3.63, 3.8) is 0 Å². The van der Waals surface area contributed by atoms with E-state index in [9.17, 15) is 9.18 Å². The van der Waals surface area contributed by atoms with Gasteiger partial charge in [0.2, 0.25) is 0 Å². The average Bonchev–Trinajstić information content (AvgIpc) is 3.15. The number of nitrogens with one attached hydrogen (secondary N) is 1. The second-order valence-corrected chi connectivity index (χ2v) is 13.4. The number of aryl methyl sites for hydroxylation is 1. The molecule has 268 valence electrons. The molecule has 5 rings (SSSR count). The van der Waals surface area contributed by atoms with E-state index in [1.54, 1.807) is 26.4 Å². The molecule has 5 N–H and O–H groups in total. The number of benzene rings is 4. The molecule has 0 bridgehead atoms. The minimum atomic E-state index is -0.484. The molecular weight excluding hydrogens is 649 g/mol. The largest absolute Gasteiger partial charge is 0.493 e. The molecule has 50 heavy (non-hydrogen) atoms. The van der Waals surface area contributed by atoms with Crippen LogP contribution in [0, 0.1) is 5.82 Å². The van der Waals surface area contributed by atoms with Gasteiger partial charge in [0.25, 0.3) is 0 Å². The number of Topliss-reactive ketones (excluding diaryl/α,β-unsaturated/α-hetero) is 1. The van der Waals surface area contributed by atoms with Crippen molar-refractivity contribution in [2.45, 2.75) is 81.2 Å². The van der Waals surface area contributed by atoms with E-state index in [1.807, 2.05) is 0 Å². The molecule has 0 fully saturated rings. The number of rotatable bonds is 18. The van der Waals surface area contributed by atoms with Crippen LogP contribution in [-0.2, 0) is 28.6 Å². The minimum Gasteiger partial charge on any atom is -0.493 e. The summed E-state index contributed by atoms with van der Waals surface area (Å²) in [6.45, 7) is 1.38. The number of hydrogen-bond donors (Lipinski definition) is 3. The summed E-state index contributed by atoms with van der Waals surface area (Å²) < 4.78 is 24.8. The normalized spacial score (nSPS) is 16.2. The zero-order valence-electron chi connectivity index (χ0n) is 29.5. The first-order valence-corrected chi connectivity index (χ1v) is 17.7. The maximum absolute atomic E-state index is 13.4. The number of carbonyl (C=O) groups is 1. The Morgan fingerprint density at radius 2 is 1.50 bits per heavy atom. The van der Waals surface area contributed by atoms with Crippen molar-refractivity contribution in [1.29, 1.82) is 0 Å². The lowest BCUT2D eigenvalue weighted by molar-refractivity contribution is -0.119. The summed E-state index contributed by atoms with van der Waals surface area (Å²) >= 11 is 0. The molecule has 4 aromatic rings. The van der Waals surface area contributed by atoms with E-state index in [0.717, 1.165) is 68.4 Å². The highest BCUT2D eigenvalue weighted by molar-refractivity contribution is 5.85. The summed E-state index contributed by atoms with van der Waals surface area (Å²) in [6.07, 6.45) is 7.17. The van der Waals surface area contributed by atoms with Gasteiger partial charge in [0, 0.05) is 30.8 Å². The molecule has 0 spiro atoms. The Balaban J connectivity index is 0.00000562. The molecule has 2 unspecified atom stereocenters. The molecule has 1 aliphatic heterocycles. The Morgan fingerprint density at radius 3 is 2.10 bits per heavy atom. The van der Waals surface area contributed by atoms with E-state index in [2.05, 4.69) is 78.1 Å². The van der Waals surface area contributed by atoms with Crippen molar-refractivity contribution in [3.8, 4) is 11.5 Å². The van der Waals surface area contributed by atoms with Gasteiger partial charge in [-0.05, 0) is 110 Å². The fourth-order valence-electron chi connectivity index (χ4n) is 7.86. The third kappa shape index (κ3) is 8.93. The first kappa shape index (κ1) is 39.0. The van der Waals surface area contributed by atoms with Crippen LogP contribution in [0.1, 0.15) is 79.2 Å². The van der Waals surface area contributed by atoms with Crippen LogP contribution >= 0.6 is 12.4 Å². The lowest BCUT2D eigenvalue weighted by Crippen LogP contribution is -2.59. The van der Waals surface area contributed by atoms with Gasteiger partial charge in [-0.3, -0.25) is 4.79 Å². The zero-order chi connectivity index (χ0) is 34.7. The number of hydrogen-bond acceptors (Lipinski definition) is 6. The van der Waals surface area contributed by atoms with Crippen molar-refractivity contribution in [3.05, 3.63) is 131 Å². The van der Waals surface area contributed by atoms with Crippen molar-refractivity contribution in [2.24, 2.45) is 11.5 Å². The predicted octanol–water partition coefficient (Wildman–Crippen LogP) is 7.81. The summed E-state index contributed by atoms with van der Waals surface area (Å²) in [5.74, 6) is 1.39. The highest BCUT2D eigenvalue weighted by atomic mass is 35.5. The Kier molecular flexibility index (Phi) is 14.4. The molecule has 0 aromatic heterocycles. The maximum Gasteiger partial charge on any atom is 0.161 e. The maximum atomic E-state index is 13.4. The molecule has 0 saturated carbocycles. The van der Waals surface area contributed by atoms with Gasteiger partial charge >= 0.3 is 0 Å². The van der Waals surface area contributed by atoms with Gasteiger partial charge in [0.05, 0.1) is 19.8 Å². The highest BCUT2D eigenvalue weighted by Gasteiger charge is 2.43. The van der Waals surface area contributed by atoms with Gasteiger partial charge in [-0.15, -0.1) is 12.4 Å². The van der Waals surface area contributed by atoms with Crippen LogP contribution in [0.2, 0.25) is 0 Å². The fourth-order valence-corrected chi connectivity index (χ4v) is 7.86. The van der Waals surface area contributed by atoms with Gasteiger partial charge in [0.15, 0.2) is 11.5 Å². The van der Waals surface area contributed by atoms with Crippen LogP contribution in [0.3, 0.4) is 0 Å². The van der Waals surface area contributed by atoms with Crippen molar-refractivity contribution >= 4 is 18.2 Å². The van der Waals surface area contributed by atoms with Gasteiger partial charge in [0.1, 0.15) is 11.6 Å². The quantitative estimate of drug-likeness (QED) is 0.0979. The summed E-state index contributed by atoms with van der Waals surface area (Å²) in [5, 5.41) is 3.87. The molecule has 1 aliphatic rings. The lowest BCUT2D eigenvalue weighted by atomic mass is 9.65. The molecule has 0 saturated heterocycles. The number of carbonyl (C=O) groups excluding carboxylic acids is 1. The molecule has 2 atom stereocenters. The Bertz CT molecular complexity index is 1600. The second-order valence-electron chi connectivity index (χ2n) is 13.4.